The Morgan fingerprint density at radius 3 is 3.20 bits per heavy atom. The number of rotatable bonds is 1. The Kier molecular flexibility index (Phi) is 2.14. The van der Waals surface area contributed by atoms with E-state index >= 15 is 0 Å². The first-order valence-electron chi connectivity index (χ1n) is 5.45. The van der Waals surface area contributed by atoms with Crippen molar-refractivity contribution >= 4 is 11.2 Å². The van der Waals surface area contributed by atoms with E-state index in [9.17, 15) is 0 Å². The zero-order valence-electron chi connectivity index (χ0n) is 8.53. The molecule has 0 aromatic carbocycles. The predicted molar refractivity (Wildman–Crippen MR) is 58.7 cm³/mol. The molecule has 78 valence electrons. The lowest BCUT2D eigenvalue weighted by Gasteiger charge is -2.20. The van der Waals surface area contributed by atoms with Gasteiger partial charge >= 0.3 is 0 Å². The molecule has 0 aliphatic carbocycles. The van der Waals surface area contributed by atoms with Gasteiger partial charge in [-0.15, -0.1) is 0 Å². The van der Waals surface area contributed by atoms with E-state index in [1.54, 1.807) is 6.20 Å². The van der Waals surface area contributed by atoms with Crippen LogP contribution in [0.15, 0.2) is 18.3 Å². The van der Waals surface area contributed by atoms with Crippen LogP contribution < -0.4 is 5.32 Å². The molecule has 2 aromatic heterocycles. The minimum absolute atomic E-state index is 0.521. The third kappa shape index (κ3) is 1.61. The van der Waals surface area contributed by atoms with Gasteiger partial charge in [0.05, 0.1) is 0 Å². The summed E-state index contributed by atoms with van der Waals surface area (Å²) in [4.78, 5) is 12.1. The maximum atomic E-state index is 4.58. The van der Waals surface area contributed by atoms with Crippen molar-refractivity contribution in [2.45, 2.75) is 18.8 Å². The summed E-state index contributed by atoms with van der Waals surface area (Å²) in [5, 5.41) is 3.40. The largest absolute Gasteiger partial charge is 0.326 e. The molecule has 4 nitrogen and oxygen atoms in total. The molecule has 1 aliphatic heterocycles. The van der Waals surface area contributed by atoms with Crippen LogP contribution in [0.4, 0.5) is 0 Å². The number of hydrogen-bond acceptors (Lipinski definition) is 3. The summed E-state index contributed by atoms with van der Waals surface area (Å²) in [7, 11) is 0. The maximum absolute atomic E-state index is 4.58. The molecule has 0 spiro atoms. The number of piperidine rings is 1. The van der Waals surface area contributed by atoms with E-state index in [4.69, 9.17) is 0 Å². The fourth-order valence-electron chi connectivity index (χ4n) is 2.14. The lowest BCUT2D eigenvalue weighted by molar-refractivity contribution is 0.449. The first-order chi connectivity index (χ1) is 7.43. The van der Waals surface area contributed by atoms with Gasteiger partial charge in [-0.1, -0.05) is 0 Å². The number of aromatic nitrogens is 3. The van der Waals surface area contributed by atoms with Crippen LogP contribution in [-0.2, 0) is 0 Å². The number of imidazole rings is 1. The summed E-state index contributed by atoms with van der Waals surface area (Å²) in [6, 6.07) is 3.92. The first kappa shape index (κ1) is 8.85. The Labute approximate surface area is 88.1 Å². The van der Waals surface area contributed by atoms with Crippen LogP contribution in [0.1, 0.15) is 24.6 Å². The Morgan fingerprint density at radius 2 is 2.40 bits per heavy atom. The summed E-state index contributed by atoms with van der Waals surface area (Å²) >= 11 is 0. The van der Waals surface area contributed by atoms with E-state index in [1.165, 1.54) is 12.8 Å². The number of aromatic amines is 1. The monoisotopic (exact) mass is 202 g/mol. The van der Waals surface area contributed by atoms with Crippen LogP contribution in [0.2, 0.25) is 0 Å². The molecular formula is C11H14N4. The van der Waals surface area contributed by atoms with Crippen LogP contribution in [0, 0.1) is 0 Å². The molecule has 0 radical (unpaired) electrons. The molecule has 15 heavy (non-hydrogen) atoms. The summed E-state index contributed by atoms with van der Waals surface area (Å²) in [5.41, 5.74) is 1.87. The molecule has 2 N–H and O–H groups in total. The minimum atomic E-state index is 0.521. The van der Waals surface area contributed by atoms with Gasteiger partial charge in [0.1, 0.15) is 11.3 Å². The van der Waals surface area contributed by atoms with E-state index in [0.29, 0.717) is 5.92 Å². The van der Waals surface area contributed by atoms with E-state index in [0.717, 1.165) is 30.1 Å². The fourth-order valence-corrected chi connectivity index (χ4v) is 2.14. The molecule has 4 heteroatoms. The number of fused-ring (bicyclic) bond motifs is 1. The highest BCUT2D eigenvalue weighted by Gasteiger charge is 2.18. The molecule has 1 fully saturated rings. The van der Waals surface area contributed by atoms with Crippen molar-refractivity contribution < 1.29 is 0 Å². The van der Waals surface area contributed by atoms with Gasteiger partial charge < -0.3 is 10.3 Å². The van der Waals surface area contributed by atoms with Gasteiger partial charge in [0, 0.05) is 18.7 Å². The molecular weight excluding hydrogens is 188 g/mol. The van der Waals surface area contributed by atoms with Crippen LogP contribution in [0.25, 0.3) is 11.2 Å². The second kappa shape index (κ2) is 3.62. The third-order valence-corrected chi connectivity index (χ3v) is 2.96. The number of nitrogens with one attached hydrogen (secondary N) is 2. The van der Waals surface area contributed by atoms with Gasteiger partial charge in [-0.05, 0) is 31.5 Å². The first-order valence-corrected chi connectivity index (χ1v) is 5.45. The van der Waals surface area contributed by atoms with Crippen molar-refractivity contribution in [3.05, 3.63) is 24.2 Å². The highest BCUT2D eigenvalue weighted by atomic mass is 15.0. The molecule has 3 rings (SSSR count). The molecule has 1 saturated heterocycles. The van der Waals surface area contributed by atoms with Crippen LogP contribution in [0.5, 0.6) is 0 Å². The molecule has 0 amide bonds. The average Bonchev–Trinajstić information content (AvgIpc) is 2.74. The number of pyridine rings is 1. The second-order valence-electron chi connectivity index (χ2n) is 4.04. The van der Waals surface area contributed by atoms with Gasteiger partial charge in [0.15, 0.2) is 5.65 Å². The fraction of sp³-hybridized carbons (Fsp3) is 0.455. The van der Waals surface area contributed by atoms with Gasteiger partial charge in [-0.3, -0.25) is 0 Å². The molecule has 1 aliphatic rings. The Morgan fingerprint density at radius 1 is 1.40 bits per heavy atom. The van der Waals surface area contributed by atoms with Crippen molar-refractivity contribution in [3.63, 3.8) is 0 Å². The highest BCUT2D eigenvalue weighted by molar-refractivity contribution is 5.70. The zero-order valence-corrected chi connectivity index (χ0v) is 8.53. The molecule has 0 saturated carbocycles. The van der Waals surface area contributed by atoms with Crippen molar-refractivity contribution in [2.24, 2.45) is 0 Å². The minimum Gasteiger partial charge on any atom is -0.326 e. The topological polar surface area (TPSA) is 53.6 Å². The maximum Gasteiger partial charge on any atom is 0.157 e. The quantitative estimate of drug-likeness (QED) is 0.735. The summed E-state index contributed by atoms with van der Waals surface area (Å²) in [5.74, 6) is 1.60. The van der Waals surface area contributed by atoms with E-state index < -0.39 is 0 Å². The summed E-state index contributed by atoms with van der Waals surface area (Å²) < 4.78 is 0. The number of H-pyrrole nitrogens is 1. The molecule has 0 bridgehead atoms. The molecule has 1 unspecified atom stereocenters. The normalized spacial score (nSPS) is 22.0. The SMILES string of the molecule is c1cnc2[nH]c(C3CCCNC3)nc2c1. The van der Waals surface area contributed by atoms with Crippen molar-refractivity contribution in [3.8, 4) is 0 Å². The van der Waals surface area contributed by atoms with Gasteiger partial charge in [0.25, 0.3) is 0 Å². The van der Waals surface area contributed by atoms with Crippen LogP contribution in [-0.4, -0.2) is 28.0 Å². The second-order valence-corrected chi connectivity index (χ2v) is 4.04. The van der Waals surface area contributed by atoms with E-state index in [-0.39, 0.29) is 0 Å². The molecule has 3 heterocycles. The lowest BCUT2D eigenvalue weighted by Crippen LogP contribution is -2.28. The lowest BCUT2D eigenvalue weighted by atomic mass is 9.99. The number of hydrogen-bond donors (Lipinski definition) is 2. The Bertz CT molecular complexity index is 423. The van der Waals surface area contributed by atoms with Crippen molar-refractivity contribution in [1.29, 1.82) is 0 Å². The van der Waals surface area contributed by atoms with Crippen molar-refractivity contribution in [1.82, 2.24) is 20.3 Å². The predicted octanol–water partition coefficient (Wildman–Crippen LogP) is 1.42. The molecule has 2 aromatic rings. The highest BCUT2D eigenvalue weighted by Crippen LogP contribution is 2.22. The van der Waals surface area contributed by atoms with Crippen molar-refractivity contribution in [2.75, 3.05) is 13.1 Å². The average molecular weight is 202 g/mol. The Hall–Kier alpha value is -1.42. The summed E-state index contributed by atoms with van der Waals surface area (Å²) in [6.07, 6.45) is 4.24. The zero-order chi connectivity index (χ0) is 10.1. The van der Waals surface area contributed by atoms with Gasteiger partial charge in [0.2, 0.25) is 0 Å². The van der Waals surface area contributed by atoms with E-state index in [2.05, 4.69) is 20.3 Å². The third-order valence-electron chi connectivity index (χ3n) is 2.96. The van der Waals surface area contributed by atoms with Crippen LogP contribution in [0.3, 0.4) is 0 Å². The van der Waals surface area contributed by atoms with Gasteiger partial charge in [-0.2, -0.15) is 0 Å². The standard InChI is InChI=1S/C11H14N4/c1-3-8(7-12-5-1)10-14-9-4-2-6-13-11(9)15-10/h2,4,6,8,12H,1,3,5,7H2,(H,13,14,15). The summed E-state index contributed by atoms with van der Waals surface area (Å²) in [6.45, 7) is 2.16. The Balaban J connectivity index is 1.96. The van der Waals surface area contributed by atoms with Crippen LogP contribution >= 0.6 is 0 Å². The van der Waals surface area contributed by atoms with Gasteiger partial charge in [-0.25, -0.2) is 9.97 Å². The number of nitrogens with zero attached hydrogens (tertiary/aromatic N) is 2. The van der Waals surface area contributed by atoms with E-state index in [1.807, 2.05) is 12.1 Å². The molecule has 1 atom stereocenters. The smallest absolute Gasteiger partial charge is 0.157 e.